The lowest BCUT2D eigenvalue weighted by Gasteiger charge is -2.26. The van der Waals surface area contributed by atoms with E-state index in [-0.39, 0.29) is 5.91 Å². The average molecular weight is 421 g/mol. The van der Waals surface area contributed by atoms with Crippen LogP contribution in [0.15, 0.2) is 57.9 Å². The first-order valence-electron chi connectivity index (χ1n) is 8.26. The van der Waals surface area contributed by atoms with Gasteiger partial charge in [0.2, 0.25) is 5.91 Å². The van der Waals surface area contributed by atoms with E-state index < -0.39 is 0 Å². The molecule has 1 N–H and O–H groups in total. The topological polar surface area (TPSA) is 41.6 Å². The third-order valence-corrected chi connectivity index (χ3v) is 5.44. The number of amides is 1. The molecule has 1 saturated heterocycles. The zero-order valence-corrected chi connectivity index (χ0v) is 16.3. The van der Waals surface area contributed by atoms with Crippen LogP contribution in [-0.4, -0.2) is 42.9 Å². The molecule has 0 radical (unpaired) electrons. The molecule has 6 heteroatoms. The molecule has 2 aromatic carbocycles. The molecule has 1 amide bonds. The summed E-state index contributed by atoms with van der Waals surface area (Å²) in [4.78, 5) is 15.6. The fourth-order valence-electron chi connectivity index (χ4n) is 2.64. The first-order valence-corrected chi connectivity index (χ1v) is 10.0. The summed E-state index contributed by atoms with van der Waals surface area (Å²) in [6.07, 6.45) is 0. The number of hydrogen-bond donors (Lipinski definition) is 1. The Morgan fingerprint density at radius 2 is 1.92 bits per heavy atom. The summed E-state index contributed by atoms with van der Waals surface area (Å²) in [5.41, 5.74) is 2.06. The number of rotatable bonds is 6. The number of nitrogens with zero attached hydrogens (tertiary/aromatic N) is 1. The van der Waals surface area contributed by atoms with Crippen molar-refractivity contribution in [1.29, 1.82) is 0 Å². The van der Waals surface area contributed by atoms with E-state index in [0.29, 0.717) is 5.75 Å². The van der Waals surface area contributed by atoms with Crippen molar-refractivity contribution in [3.8, 4) is 0 Å². The highest BCUT2D eigenvalue weighted by molar-refractivity contribution is 9.10. The van der Waals surface area contributed by atoms with Gasteiger partial charge in [0.05, 0.1) is 19.0 Å². The van der Waals surface area contributed by atoms with Crippen molar-refractivity contribution >= 4 is 39.3 Å². The van der Waals surface area contributed by atoms with E-state index in [2.05, 4.69) is 38.3 Å². The van der Waals surface area contributed by atoms with Gasteiger partial charge in [-0.15, -0.1) is 11.8 Å². The van der Waals surface area contributed by atoms with Crippen LogP contribution in [0, 0.1) is 0 Å². The van der Waals surface area contributed by atoms with Crippen LogP contribution in [-0.2, 0) is 16.1 Å². The van der Waals surface area contributed by atoms with Gasteiger partial charge < -0.3 is 10.1 Å². The van der Waals surface area contributed by atoms with E-state index in [1.165, 1.54) is 17.3 Å². The second-order valence-corrected chi connectivity index (χ2v) is 7.84. The highest BCUT2D eigenvalue weighted by Gasteiger charge is 2.11. The lowest BCUT2D eigenvalue weighted by atomic mass is 10.2. The zero-order chi connectivity index (χ0) is 17.5. The van der Waals surface area contributed by atoms with Gasteiger partial charge in [-0.3, -0.25) is 9.69 Å². The normalized spacial score (nSPS) is 15.1. The number of thioether (sulfide) groups is 1. The van der Waals surface area contributed by atoms with Crippen LogP contribution in [0.3, 0.4) is 0 Å². The molecule has 1 heterocycles. The molecular weight excluding hydrogens is 400 g/mol. The van der Waals surface area contributed by atoms with Crippen LogP contribution in [0.2, 0.25) is 0 Å². The molecule has 0 bridgehead atoms. The minimum absolute atomic E-state index is 0.0106. The molecule has 2 aromatic rings. The molecule has 1 fully saturated rings. The van der Waals surface area contributed by atoms with Crippen molar-refractivity contribution in [2.45, 2.75) is 11.4 Å². The molecule has 0 saturated carbocycles. The van der Waals surface area contributed by atoms with Crippen LogP contribution in [0.5, 0.6) is 0 Å². The molecule has 0 aliphatic carbocycles. The van der Waals surface area contributed by atoms with E-state index in [4.69, 9.17) is 4.74 Å². The van der Waals surface area contributed by atoms with Crippen molar-refractivity contribution in [2.24, 2.45) is 0 Å². The molecule has 0 atom stereocenters. The summed E-state index contributed by atoms with van der Waals surface area (Å²) < 4.78 is 6.42. The quantitative estimate of drug-likeness (QED) is 0.716. The first kappa shape index (κ1) is 18.5. The Balaban J connectivity index is 1.50. The SMILES string of the molecule is O=C(CSc1ccc(Br)cc1)Nc1cccc(CN2CCOCC2)c1. The van der Waals surface area contributed by atoms with Crippen LogP contribution in [0.25, 0.3) is 0 Å². The van der Waals surface area contributed by atoms with Crippen LogP contribution >= 0.6 is 27.7 Å². The van der Waals surface area contributed by atoms with E-state index in [0.717, 1.165) is 47.9 Å². The predicted octanol–water partition coefficient (Wildman–Crippen LogP) is 4.01. The zero-order valence-electron chi connectivity index (χ0n) is 13.9. The number of morpholine rings is 1. The van der Waals surface area contributed by atoms with Crippen molar-refractivity contribution in [2.75, 3.05) is 37.4 Å². The number of hydrogen-bond acceptors (Lipinski definition) is 4. The highest BCUT2D eigenvalue weighted by Crippen LogP contribution is 2.21. The van der Waals surface area contributed by atoms with Gasteiger partial charge >= 0.3 is 0 Å². The molecule has 4 nitrogen and oxygen atoms in total. The van der Waals surface area contributed by atoms with Gasteiger partial charge in [-0.25, -0.2) is 0 Å². The second-order valence-electron chi connectivity index (χ2n) is 5.88. The lowest BCUT2D eigenvalue weighted by Crippen LogP contribution is -2.35. The smallest absolute Gasteiger partial charge is 0.234 e. The van der Waals surface area contributed by atoms with Gasteiger partial charge in [0.1, 0.15) is 0 Å². The Hall–Kier alpha value is -1.34. The summed E-state index contributed by atoms with van der Waals surface area (Å²) in [5.74, 6) is 0.409. The Labute approximate surface area is 161 Å². The van der Waals surface area contributed by atoms with Gasteiger partial charge in [0.15, 0.2) is 0 Å². The van der Waals surface area contributed by atoms with Gasteiger partial charge in [0, 0.05) is 34.7 Å². The Bertz CT molecular complexity index is 703. The van der Waals surface area contributed by atoms with Gasteiger partial charge in [0.25, 0.3) is 0 Å². The molecule has 25 heavy (non-hydrogen) atoms. The largest absolute Gasteiger partial charge is 0.379 e. The number of anilines is 1. The number of benzene rings is 2. The van der Waals surface area contributed by atoms with E-state index in [1.54, 1.807) is 0 Å². The summed E-state index contributed by atoms with van der Waals surface area (Å²) in [6, 6.07) is 16.1. The highest BCUT2D eigenvalue weighted by atomic mass is 79.9. The van der Waals surface area contributed by atoms with Gasteiger partial charge in [-0.05, 0) is 42.0 Å². The Kier molecular flexibility index (Phi) is 6.93. The number of carbonyl (C=O) groups excluding carboxylic acids is 1. The molecule has 132 valence electrons. The second kappa shape index (κ2) is 9.38. The Morgan fingerprint density at radius 3 is 2.68 bits per heavy atom. The molecular formula is C19H21BrN2O2S. The molecule has 0 spiro atoms. The van der Waals surface area contributed by atoms with Crippen molar-refractivity contribution in [3.05, 3.63) is 58.6 Å². The summed E-state index contributed by atoms with van der Waals surface area (Å²) in [6.45, 7) is 4.40. The maximum atomic E-state index is 12.2. The van der Waals surface area contributed by atoms with E-state index in [1.807, 2.05) is 36.4 Å². The molecule has 3 rings (SSSR count). The molecule has 0 aromatic heterocycles. The monoisotopic (exact) mass is 420 g/mol. The number of nitrogens with one attached hydrogen (secondary N) is 1. The predicted molar refractivity (Wildman–Crippen MR) is 106 cm³/mol. The molecule has 0 unspecified atom stereocenters. The summed E-state index contributed by atoms with van der Waals surface area (Å²) in [7, 11) is 0. The Morgan fingerprint density at radius 1 is 1.16 bits per heavy atom. The maximum Gasteiger partial charge on any atom is 0.234 e. The number of ether oxygens (including phenoxy) is 1. The van der Waals surface area contributed by atoms with Gasteiger partial charge in [-0.1, -0.05) is 28.1 Å². The van der Waals surface area contributed by atoms with Crippen molar-refractivity contribution < 1.29 is 9.53 Å². The van der Waals surface area contributed by atoms with Crippen LogP contribution < -0.4 is 5.32 Å². The summed E-state index contributed by atoms with van der Waals surface area (Å²) in [5, 5.41) is 2.99. The minimum Gasteiger partial charge on any atom is -0.379 e. The van der Waals surface area contributed by atoms with Crippen LogP contribution in [0.4, 0.5) is 5.69 Å². The third kappa shape index (κ3) is 6.15. The van der Waals surface area contributed by atoms with E-state index >= 15 is 0 Å². The number of halogens is 1. The minimum atomic E-state index is 0.0106. The molecule has 1 aliphatic heterocycles. The van der Waals surface area contributed by atoms with Crippen LogP contribution in [0.1, 0.15) is 5.56 Å². The molecule has 1 aliphatic rings. The van der Waals surface area contributed by atoms with E-state index in [9.17, 15) is 4.79 Å². The lowest BCUT2D eigenvalue weighted by molar-refractivity contribution is -0.113. The van der Waals surface area contributed by atoms with Crippen molar-refractivity contribution in [3.63, 3.8) is 0 Å². The van der Waals surface area contributed by atoms with Crippen molar-refractivity contribution in [1.82, 2.24) is 4.90 Å². The third-order valence-electron chi connectivity index (χ3n) is 3.90. The fourth-order valence-corrected chi connectivity index (χ4v) is 3.60. The fraction of sp³-hybridized carbons (Fsp3) is 0.316. The standard InChI is InChI=1S/C19H21BrN2O2S/c20-16-4-6-18(7-5-16)25-14-19(23)21-17-3-1-2-15(12-17)13-22-8-10-24-11-9-22/h1-7,12H,8-11,13-14H2,(H,21,23). The summed E-state index contributed by atoms with van der Waals surface area (Å²) >= 11 is 4.95. The first-order chi connectivity index (χ1) is 12.2. The average Bonchev–Trinajstić information content (AvgIpc) is 2.62. The van der Waals surface area contributed by atoms with Gasteiger partial charge in [-0.2, -0.15) is 0 Å². The number of carbonyl (C=O) groups is 1. The maximum absolute atomic E-state index is 12.2.